The highest BCUT2D eigenvalue weighted by molar-refractivity contribution is 9.11. The summed E-state index contributed by atoms with van der Waals surface area (Å²) < 4.78 is 27.2. The number of benzene rings is 1. The minimum Gasteiger partial charge on any atom is -0.207 e. The molecular weight excluding hydrogens is 372 g/mol. The fraction of sp³-hybridized carbons (Fsp3) is 0.214. The summed E-state index contributed by atoms with van der Waals surface area (Å²) in [5.41, 5.74) is 1.75. The van der Waals surface area contributed by atoms with Crippen LogP contribution >= 0.6 is 27.3 Å². The van der Waals surface area contributed by atoms with Crippen LogP contribution < -0.4 is 0 Å². The van der Waals surface area contributed by atoms with E-state index in [0.29, 0.717) is 6.54 Å². The van der Waals surface area contributed by atoms with E-state index in [9.17, 15) is 8.42 Å². The van der Waals surface area contributed by atoms with Crippen LogP contribution in [0.3, 0.4) is 0 Å². The van der Waals surface area contributed by atoms with Gasteiger partial charge in [-0.15, -0.1) is 11.3 Å². The Morgan fingerprint density at radius 2 is 1.95 bits per heavy atom. The monoisotopic (exact) mass is 384 g/mol. The van der Waals surface area contributed by atoms with Gasteiger partial charge in [0.1, 0.15) is 0 Å². The summed E-state index contributed by atoms with van der Waals surface area (Å²) >= 11 is 4.89. The normalized spacial score (nSPS) is 11.5. The molecule has 4 nitrogen and oxygen atoms in total. The van der Waals surface area contributed by atoms with E-state index in [-0.39, 0.29) is 11.3 Å². The molecule has 0 saturated carbocycles. The summed E-state index contributed by atoms with van der Waals surface area (Å²) in [6.07, 6.45) is 0.277. The molecule has 1 aromatic heterocycles. The maximum atomic E-state index is 12.5. The van der Waals surface area contributed by atoms with Crippen molar-refractivity contribution in [2.24, 2.45) is 0 Å². The van der Waals surface area contributed by atoms with Crippen LogP contribution in [-0.4, -0.2) is 19.8 Å². The van der Waals surface area contributed by atoms with Crippen molar-refractivity contribution in [2.45, 2.75) is 17.9 Å². The average molecular weight is 385 g/mol. The number of sulfonamides is 1. The lowest BCUT2D eigenvalue weighted by atomic mass is 10.2. The number of nitrogens with zero attached hydrogens (tertiary/aromatic N) is 2. The lowest BCUT2D eigenvalue weighted by molar-refractivity contribution is 0.467. The molecule has 110 valence electrons. The SMILES string of the molecule is CN(Cc1csc(Br)c1)S(=O)(=O)c1ccc(CC#N)cc1. The second-order valence-electron chi connectivity index (χ2n) is 4.50. The molecule has 21 heavy (non-hydrogen) atoms. The molecule has 2 rings (SSSR count). The first kappa shape index (κ1) is 16.2. The van der Waals surface area contributed by atoms with E-state index < -0.39 is 10.0 Å². The largest absolute Gasteiger partial charge is 0.243 e. The molecule has 0 bridgehead atoms. The first-order valence-electron chi connectivity index (χ1n) is 6.08. The first-order chi connectivity index (χ1) is 9.93. The average Bonchev–Trinajstić information content (AvgIpc) is 2.85. The summed E-state index contributed by atoms with van der Waals surface area (Å²) in [6.45, 7) is 0.324. The summed E-state index contributed by atoms with van der Waals surface area (Å²) in [5, 5.41) is 10.5. The maximum Gasteiger partial charge on any atom is 0.243 e. The molecular formula is C14H13BrN2O2S2. The van der Waals surface area contributed by atoms with Crippen molar-refractivity contribution >= 4 is 37.3 Å². The number of halogens is 1. The smallest absolute Gasteiger partial charge is 0.207 e. The van der Waals surface area contributed by atoms with Crippen LogP contribution in [0.4, 0.5) is 0 Å². The van der Waals surface area contributed by atoms with Gasteiger partial charge in [0.15, 0.2) is 0 Å². The van der Waals surface area contributed by atoms with Crippen LogP contribution in [0.2, 0.25) is 0 Å². The lowest BCUT2D eigenvalue weighted by Gasteiger charge is -2.16. The molecule has 0 radical (unpaired) electrons. The Morgan fingerprint density at radius 1 is 1.29 bits per heavy atom. The van der Waals surface area contributed by atoms with Gasteiger partial charge in [0, 0.05) is 13.6 Å². The van der Waals surface area contributed by atoms with E-state index in [2.05, 4.69) is 15.9 Å². The van der Waals surface area contributed by atoms with Crippen LogP contribution in [0.25, 0.3) is 0 Å². The van der Waals surface area contributed by atoms with Gasteiger partial charge in [-0.3, -0.25) is 0 Å². The zero-order valence-corrected chi connectivity index (χ0v) is 14.5. The standard InChI is InChI=1S/C14H13BrN2O2S2/c1-17(9-12-8-14(15)20-10-12)21(18,19)13-4-2-11(3-5-13)6-7-16/h2-5,8,10H,6,9H2,1H3. The highest BCUT2D eigenvalue weighted by Crippen LogP contribution is 2.23. The van der Waals surface area contributed by atoms with Crippen molar-refractivity contribution in [3.05, 3.63) is 50.6 Å². The van der Waals surface area contributed by atoms with E-state index in [1.165, 1.54) is 15.6 Å². The van der Waals surface area contributed by atoms with Gasteiger partial charge in [0.2, 0.25) is 10.0 Å². The van der Waals surface area contributed by atoms with E-state index >= 15 is 0 Å². The fourth-order valence-electron chi connectivity index (χ4n) is 1.82. The third kappa shape index (κ3) is 3.92. The van der Waals surface area contributed by atoms with Gasteiger partial charge in [-0.05, 0) is 50.6 Å². The number of hydrogen-bond donors (Lipinski definition) is 0. The molecule has 0 spiro atoms. The van der Waals surface area contributed by atoms with Gasteiger partial charge in [0.25, 0.3) is 0 Å². The van der Waals surface area contributed by atoms with Gasteiger partial charge in [-0.25, -0.2) is 8.42 Å². The highest BCUT2D eigenvalue weighted by Gasteiger charge is 2.21. The van der Waals surface area contributed by atoms with Crippen molar-refractivity contribution in [3.8, 4) is 6.07 Å². The summed E-state index contributed by atoms with van der Waals surface area (Å²) in [5.74, 6) is 0. The van der Waals surface area contributed by atoms with Crippen LogP contribution in [0, 0.1) is 11.3 Å². The molecule has 0 N–H and O–H groups in total. The number of hydrogen-bond acceptors (Lipinski definition) is 4. The summed E-state index contributed by atoms with van der Waals surface area (Å²) in [4.78, 5) is 0.237. The van der Waals surface area contributed by atoms with E-state index in [1.54, 1.807) is 31.3 Å². The van der Waals surface area contributed by atoms with Gasteiger partial charge in [-0.2, -0.15) is 9.57 Å². The quantitative estimate of drug-likeness (QED) is 0.793. The molecule has 7 heteroatoms. The lowest BCUT2D eigenvalue weighted by Crippen LogP contribution is -2.26. The van der Waals surface area contributed by atoms with Crippen molar-refractivity contribution in [1.82, 2.24) is 4.31 Å². The van der Waals surface area contributed by atoms with E-state index in [0.717, 1.165) is 14.9 Å². The minimum absolute atomic E-state index is 0.237. The van der Waals surface area contributed by atoms with Crippen LogP contribution in [0.5, 0.6) is 0 Å². The Morgan fingerprint density at radius 3 is 2.48 bits per heavy atom. The predicted octanol–water partition coefficient (Wildman–Crippen LogP) is 3.40. The van der Waals surface area contributed by atoms with E-state index in [1.807, 2.05) is 17.5 Å². The molecule has 1 heterocycles. The molecule has 0 amide bonds. The van der Waals surface area contributed by atoms with Crippen molar-refractivity contribution in [1.29, 1.82) is 5.26 Å². The van der Waals surface area contributed by atoms with Gasteiger partial charge >= 0.3 is 0 Å². The summed E-state index contributed by atoms with van der Waals surface area (Å²) in [6, 6.07) is 10.4. The summed E-state index contributed by atoms with van der Waals surface area (Å²) in [7, 11) is -1.96. The Balaban J connectivity index is 2.18. The minimum atomic E-state index is -3.52. The first-order valence-corrected chi connectivity index (χ1v) is 9.20. The van der Waals surface area contributed by atoms with Crippen LogP contribution in [-0.2, 0) is 23.0 Å². The second-order valence-corrected chi connectivity index (χ2v) is 8.83. The van der Waals surface area contributed by atoms with Crippen LogP contribution in [0.1, 0.15) is 11.1 Å². The van der Waals surface area contributed by atoms with Crippen molar-refractivity contribution in [3.63, 3.8) is 0 Å². The molecule has 0 aliphatic heterocycles. The third-order valence-corrected chi connectivity index (χ3v) is 6.31. The third-order valence-electron chi connectivity index (χ3n) is 2.94. The van der Waals surface area contributed by atoms with E-state index in [4.69, 9.17) is 5.26 Å². The highest BCUT2D eigenvalue weighted by atomic mass is 79.9. The molecule has 0 aliphatic rings. The molecule has 2 aromatic rings. The zero-order chi connectivity index (χ0) is 15.5. The molecule has 0 aliphatic carbocycles. The molecule has 0 atom stereocenters. The Bertz CT molecular complexity index is 761. The molecule has 0 saturated heterocycles. The Kier molecular flexibility index (Phi) is 5.17. The van der Waals surface area contributed by atoms with Crippen molar-refractivity contribution < 1.29 is 8.42 Å². The Labute approximate surface area is 136 Å². The van der Waals surface area contributed by atoms with Gasteiger partial charge < -0.3 is 0 Å². The Hall–Kier alpha value is -1.20. The number of thiophene rings is 1. The maximum absolute atomic E-state index is 12.5. The fourth-order valence-corrected chi connectivity index (χ4v) is 4.18. The van der Waals surface area contributed by atoms with Crippen LogP contribution in [0.15, 0.2) is 44.4 Å². The van der Waals surface area contributed by atoms with Crippen molar-refractivity contribution in [2.75, 3.05) is 7.05 Å². The predicted molar refractivity (Wildman–Crippen MR) is 86.4 cm³/mol. The molecule has 1 aromatic carbocycles. The number of nitriles is 1. The molecule has 0 fully saturated rings. The van der Waals surface area contributed by atoms with Gasteiger partial charge in [0.05, 0.1) is 21.2 Å². The second kappa shape index (κ2) is 6.71. The molecule has 0 unspecified atom stereocenters. The zero-order valence-electron chi connectivity index (χ0n) is 11.3. The number of rotatable bonds is 5. The topological polar surface area (TPSA) is 61.2 Å². The van der Waals surface area contributed by atoms with Gasteiger partial charge in [-0.1, -0.05) is 12.1 Å².